The lowest BCUT2D eigenvalue weighted by Gasteiger charge is -2.38. The summed E-state index contributed by atoms with van der Waals surface area (Å²) in [6, 6.07) is 12.6. The normalized spacial score (nSPS) is 15.5. The number of anilines is 3. The highest BCUT2D eigenvalue weighted by Crippen LogP contribution is 2.33. The molecule has 1 saturated heterocycles. The summed E-state index contributed by atoms with van der Waals surface area (Å²) in [5.74, 6) is -2.20. The van der Waals surface area contributed by atoms with Crippen LogP contribution < -0.4 is 21.5 Å². The number of aliphatic carboxylic acids is 1. The minimum atomic E-state index is -1.14. The van der Waals surface area contributed by atoms with Crippen LogP contribution in [0.1, 0.15) is 29.8 Å². The van der Waals surface area contributed by atoms with Crippen molar-refractivity contribution in [2.24, 2.45) is 0 Å². The van der Waals surface area contributed by atoms with Gasteiger partial charge in [0.15, 0.2) is 5.75 Å². The first kappa shape index (κ1) is 27.8. The second-order valence-electron chi connectivity index (χ2n) is 8.00. The molecule has 1 amide bonds. The SMILES string of the molecule is CC.CSN1CCN(C(=O)c2cccc(Nc3c(NCc4ccccc4)c(=O)c3=O)c2O)C(C(=O)O)C1. The molecule has 196 valence electrons. The van der Waals surface area contributed by atoms with E-state index in [9.17, 15) is 29.4 Å². The molecule has 3 aromatic carbocycles. The van der Waals surface area contributed by atoms with Gasteiger partial charge < -0.3 is 25.7 Å². The van der Waals surface area contributed by atoms with Crippen molar-refractivity contribution < 1.29 is 19.8 Å². The standard InChI is InChI=1S/C24H24N4O6S.C2H6/c1-35-27-10-11-28(17(13-27)24(33)34)23(32)15-8-5-9-16(20(15)29)26-19-18(21(30)22(19)31)25-12-14-6-3-2-4-7-14;1-2/h2-9,17,25-26,29H,10-13H2,1H3,(H,33,34);1-2H3. The number of piperazine rings is 1. The minimum Gasteiger partial charge on any atom is -0.505 e. The van der Waals surface area contributed by atoms with E-state index >= 15 is 0 Å². The van der Waals surface area contributed by atoms with Crippen LogP contribution in [-0.4, -0.2) is 63.2 Å². The third-order valence-corrected chi connectivity index (χ3v) is 6.74. The van der Waals surface area contributed by atoms with Crippen LogP contribution in [0.4, 0.5) is 17.1 Å². The van der Waals surface area contributed by atoms with Crippen LogP contribution >= 0.6 is 11.9 Å². The minimum absolute atomic E-state index is 0.0113. The van der Waals surface area contributed by atoms with Gasteiger partial charge in [-0.2, -0.15) is 0 Å². The van der Waals surface area contributed by atoms with E-state index in [4.69, 9.17) is 0 Å². The van der Waals surface area contributed by atoms with Crippen LogP contribution in [0.2, 0.25) is 0 Å². The van der Waals surface area contributed by atoms with Crippen molar-refractivity contribution in [3.05, 3.63) is 80.1 Å². The zero-order valence-electron chi connectivity index (χ0n) is 20.9. The predicted octanol–water partition coefficient (Wildman–Crippen LogP) is 2.86. The summed E-state index contributed by atoms with van der Waals surface area (Å²) in [5, 5.41) is 26.1. The number of carboxylic acids is 1. The first-order chi connectivity index (χ1) is 17.8. The van der Waals surface area contributed by atoms with Crippen LogP contribution in [-0.2, 0) is 11.3 Å². The smallest absolute Gasteiger partial charge is 0.327 e. The summed E-state index contributed by atoms with van der Waals surface area (Å²) < 4.78 is 1.86. The van der Waals surface area contributed by atoms with Gasteiger partial charge in [0.05, 0.1) is 11.3 Å². The maximum atomic E-state index is 13.2. The Balaban J connectivity index is 0.00000186. The molecule has 0 aromatic heterocycles. The van der Waals surface area contributed by atoms with Gasteiger partial charge in [0, 0.05) is 26.2 Å². The Kier molecular flexibility index (Phi) is 9.31. The first-order valence-electron chi connectivity index (χ1n) is 11.8. The fraction of sp³-hybridized carbons (Fsp3) is 0.308. The third-order valence-electron chi connectivity index (χ3n) is 5.90. The highest BCUT2D eigenvalue weighted by atomic mass is 32.2. The second-order valence-corrected chi connectivity index (χ2v) is 8.88. The molecule has 1 unspecified atom stereocenters. The molecule has 0 bridgehead atoms. The maximum absolute atomic E-state index is 13.2. The Bertz CT molecular complexity index is 1320. The molecule has 0 saturated carbocycles. The summed E-state index contributed by atoms with van der Waals surface area (Å²) in [7, 11) is 0. The maximum Gasteiger partial charge on any atom is 0.327 e. The van der Waals surface area contributed by atoms with Crippen molar-refractivity contribution >= 4 is 40.9 Å². The summed E-state index contributed by atoms with van der Waals surface area (Å²) in [6.45, 7) is 5.14. The average Bonchev–Trinajstić information content (AvgIpc) is 2.94. The lowest BCUT2D eigenvalue weighted by atomic mass is 10.1. The van der Waals surface area contributed by atoms with Crippen molar-refractivity contribution in [3.63, 3.8) is 0 Å². The molecule has 11 heteroatoms. The number of benzene rings is 2. The molecule has 0 spiro atoms. The summed E-state index contributed by atoms with van der Waals surface area (Å²) in [5.41, 5.74) is -0.466. The Hall–Kier alpha value is -3.83. The largest absolute Gasteiger partial charge is 0.505 e. The van der Waals surface area contributed by atoms with Crippen molar-refractivity contribution in [1.29, 1.82) is 0 Å². The number of carboxylic acid groups (broad SMARTS) is 1. The molecular formula is C26H30N4O6S. The topological polar surface area (TPSA) is 139 Å². The number of rotatable bonds is 8. The van der Waals surface area contributed by atoms with Crippen molar-refractivity contribution in [2.75, 3.05) is 36.5 Å². The van der Waals surface area contributed by atoms with Crippen molar-refractivity contribution in [2.45, 2.75) is 26.4 Å². The number of carbonyl (C=O) groups excluding carboxylic acids is 1. The van der Waals surface area contributed by atoms with Gasteiger partial charge in [0.1, 0.15) is 17.4 Å². The van der Waals surface area contributed by atoms with Gasteiger partial charge in [-0.3, -0.25) is 14.4 Å². The second kappa shape index (κ2) is 12.4. The first-order valence-corrected chi connectivity index (χ1v) is 13.0. The van der Waals surface area contributed by atoms with Crippen LogP contribution in [0.3, 0.4) is 0 Å². The van der Waals surface area contributed by atoms with Gasteiger partial charge in [0.25, 0.3) is 16.8 Å². The van der Waals surface area contributed by atoms with Gasteiger partial charge in [-0.25, -0.2) is 9.10 Å². The molecule has 1 aliphatic rings. The summed E-state index contributed by atoms with van der Waals surface area (Å²) >= 11 is 1.40. The molecule has 10 nitrogen and oxygen atoms in total. The van der Waals surface area contributed by atoms with Crippen LogP contribution in [0, 0.1) is 0 Å². The number of carbonyl (C=O) groups is 2. The lowest BCUT2D eigenvalue weighted by molar-refractivity contribution is -0.143. The van der Waals surface area contributed by atoms with Gasteiger partial charge in [-0.1, -0.05) is 62.2 Å². The van der Waals surface area contributed by atoms with Crippen LogP contribution in [0.5, 0.6) is 5.75 Å². The average molecular weight is 527 g/mol. The molecule has 4 rings (SSSR count). The Morgan fingerprint density at radius 1 is 1.00 bits per heavy atom. The van der Waals surface area contributed by atoms with E-state index < -0.39 is 34.5 Å². The Morgan fingerprint density at radius 3 is 2.32 bits per heavy atom. The number of nitrogens with one attached hydrogen (secondary N) is 2. The Labute approximate surface area is 218 Å². The monoisotopic (exact) mass is 526 g/mol. The molecule has 4 N–H and O–H groups in total. The number of phenols is 1. The molecule has 37 heavy (non-hydrogen) atoms. The fourth-order valence-corrected chi connectivity index (χ4v) is 4.50. The lowest BCUT2D eigenvalue weighted by Crippen LogP contribution is -2.56. The molecule has 0 aliphatic carbocycles. The molecular weight excluding hydrogens is 496 g/mol. The number of aromatic hydroxyl groups is 1. The molecule has 3 aromatic rings. The van der Waals surface area contributed by atoms with Crippen LogP contribution in [0.15, 0.2) is 58.1 Å². The van der Waals surface area contributed by atoms with E-state index in [0.717, 1.165) is 5.56 Å². The number of hydrogen-bond donors (Lipinski definition) is 4. The van der Waals surface area contributed by atoms with Gasteiger partial charge in [-0.05, 0) is 24.0 Å². The number of phenolic OH excluding ortho intramolecular Hbond substituents is 1. The number of amides is 1. The van der Waals surface area contributed by atoms with Gasteiger partial charge in [-0.15, -0.1) is 0 Å². The molecule has 0 radical (unpaired) electrons. The Morgan fingerprint density at radius 2 is 1.68 bits per heavy atom. The molecule has 1 atom stereocenters. The highest BCUT2D eigenvalue weighted by Gasteiger charge is 2.36. The highest BCUT2D eigenvalue weighted by molar-refractivity contribution is 7.96. The molecule has 1 aliphatic heterocycles. The van der Waals surface area contributed by atoms with E-state index in [0.29, 0.717) is 13.1 Å². The summed E-state index contributed by atoms with van der Waals surface area (Å²) in [6.07, 6.45) is 1.83. The summed E-state index contributed by atoms with van der Waals surface area (Å²) in [4.78, 5) is 50.5. The molecule has 1 heterocycles. The number of nitrogens with zero attached hydrogens (tertiary/aromatic N) is 2. The van der Waals surface area contributed by atoms with E-state index in [2.05, 4.69) is 10.6 Å². The van der Waals surface area contributed by atoms with Crippen molar-refractivity contribution in [1.82, 2.24) is 9.21 Å². The zero-order chi connectivity index (χ0) is 27.1. The predicted molar refractivity (Wildman–Crippen MR) is 145 cm³/mol. The molecule has 1 fully saturated rings. The quantitative estimate of drug-likeness (QED) is 0.197. The third kappa shape index (κ3) is 5.95. The fourth-order valence-electron chi connectivity index (χ4n) is 3.95. The van der Waals surface area contributed by atoms with Crippen LogP contribution in [0.25, 0.3) is 0 Å². The van der Waals surface area contributed by atoms with Gasteiger partial charge >= 0.3 is 5.97 Å². The number of para-hydroxylation sites is 1. The van der Waals surface area contributed by atoms with E-state index in [1.165, 1.54) is 35.0 Å². The zero-order valence-corrected chi connectivity index (χ0v) is 21.7. The van der Waals surface area contributed by atoms with E-state index in [1.807, 2.05) is 54.7 Å². The van der Waals surface area contributed by atoms with Gasteiger partial charge in [0.2, 0.25) is 0 Å². The van der Waals surface area contributed by atoms with E-state index in [-0.39, 0.29) is 35.7 Å². The van der Waals surface area contributed by atoms with Crippen molar-refractivity contribution in [3.8, 4) is 5.75 Å². The number of hydrogen-bond acceptors (Lipinski definition) is 9. The van der Waals surface area contributed by atoms with E-state index in [1.54, 1.807) is 0 Å².